The third kappa shape index (κ3) is 3.94. The predicted octanol–water partition coefficient (Wildman–Crippen LogP) is 2.84. The average Bonchev–Trinajstić information content (AvgIpc) is 2.38. The van der Waals surface area contributed by atoms with E-state index in [0.29, 0.717) is 5.92 Å². The van der Waals surface area contributed by atoms with Gasteiger partial charge in [-0.15, -0.1) is 0 Å². The molecule has 0 aromatic carbocycles. The van der Waals surface area contributed by atoms with E-state index in [1.807, 2.05) is 11.8 Å². The van der Waals surface area contributed by atoms with Crippen LogP contribution in [-0.2, 0) is 4.74 Å². The first-order valence-electron chi connectivity index (χ1n) is 6.73. The van der Waals surface area contributed by atoms with E-state index in [1.165, 1.54) is 32.1 Å². The minimum absolute atomic E-state index is 0.101. The molecule has 1 saturated heterocycles. The minimum atomic E-state index is -0.101. The van der Waals surface area contributed by atoms with Gasteiger partial charge in [-0.05, 0) is 31.6 Å². The van der Waals surface area contributed by atoms with Gasteiger partial charge in [0.05, 0.1) is 6.10 Å². The Balaban J connectivity index is 1.63. The van der Waals surface area contributed by atoms with Gasteiger partial charge in [0.2, 0.25) is 0 Å². The zero-order valence-corrected chi connectivity index (χ0v) is 10.9. The number of aliphatic hydroxyl groups is 1. The Bertz CT molecular complexity index is 186. The quantitative estimate of drug-likeness (QED) is 0.824. The summed E-state index contributed by atoms with van der Waals surface area (Å²) in [6, 6.07) is 0. The molecule has 0 amide bonds. The highest BCUT2D eigenvalue weighted by molar-refractivity contribution is 7.99. The Labute approximate surface area is 103 Å². The van der Waals surface area contributed by atoms with Gasteiger partial charge in [0.15, 0.2) is 0 Å². The van der Waals surface area contributed by atoms with E-state index in [-0.39, 0.29) is 6.10 Å². The maximum Gasteiger partial charge on any atom is 0.0660 e. The lowest BCUT2D eigenvalue weighted by atomic mass is 9.95. The highest BCUT2D eigenvalue weighted by Crippen LogP contribution is 2.30. The molecule has 0 aromatic heterocycles. The summed E-state index contributed by atoms with van der Waals surface area (Å²) in [7, 11) is 0. The van der Waals surface area contributed by atoms with E-state index in [4.69, 9.17) is 4.74 Å². The number of hydrogen-bond acceptors (Lipinski definition) is 3. The number of ether oxygens (including phenoxy) is 1. The van der Waals surface area contributed by atoms with Crippen molar-refractivity contribution >= 4 is 11.8 Å². The fourth-order valence-corrected chi connectivity index (χ4v) is 4.11. The molecule has 2 rings (SSSR count). The van der Waals surface area contributed by atoms with Gasteiger partial charge >= 0.3 is 0 Å². The Morgan fingerprint density at radius 2 is 1.75 bits per heavy atom. The molecule has 2 fully saturated rings. The fraction of sp³-hybridized carbons (Fsp3) is 1.00. The SMILES string of the molecule is OC(CSC1CCCCC1)C1CCOCC1. The Hall–Kier alpha value is 0.270. The second-order valence-corrected chi connectivity index (χ2v) is 6.44. The third-order valence-electron chi connectivity index (χ3n) is 3.86. The summed E-state index contributed by atoms with van der Waals surface area (Å²) < 4.78 is 5.33. The summed E-state index contributed by atoms with van der Waals surface area (Å²) in [5.74, 6) is 1.43. The van der Waals surface area contributed by atoms with Crippen LogP contribution in [0.2, 0.25) is 0 Å². The van der Waals surface area contributed by atoms with Crippen LogP contribution in [0.1, 0.15) is 44.9 Å². The van der Waals surface area contributed by atoms with Crippen LogP contribution in [0, 0.1) is 5.92 Å². The van der Waals surface area contributed by atoms with Crippen molar-refractivity contribution in [1.82, 2.24) is 0 Å². The summed E-state index contributed by atoms with van der Waals surface area (Å²) in [6.07, 6.45) is 8.93. The predicted molar refractivity (Wildman–Crippen MR) is 68.9 cm³/mol. The Morgan fingerprint density at radius 1 is 1.06 bits per heavy atom. The zero-order chi connectivity index (χ0) is 11.2. The van der Waals surface area contributed by atoms with E-state index < -0.39 is 0 Å². The molecule has 1 aliphatic carbocycles. The van der Waals surface area contributed by atoms with Gasteiger partial charge in [-0.1, -0.05) is 19.3 Å². The van der Waals surface area contributed by atoms with Crippen LogP contribution in [0.3, 0.4) is 0 Å². The molecule has 16 heavy (non-hydrogen) atoms. The molecule has 94 valence electrons. The van der Waals surface area contributed by atoms with Crippen molar-refractivity contribution in [3.63, 3.8) is 0 Å². The molecule has 1 aliphatic heterocycles. The average molecular weight is 244 g/mol. The van der Waals surface area contributed by atoms with Crippen LogP contribution in [-0.4, -0.2) is 35.4 Å². The van der Waals surface area contributed by atoms with Crippen molar-refractivity contribution in [2.24, 2.45) is 5.92 Å². The van der Waals surface area contributed by atoms with E-state index in [1.54, 1.807) is 0 Å². The molecular formula is C13H24O2S. The van der Waals surface area contributed by atoms with Crippen LogP contribution >= 0.6 is 11.8 Å². The molecule has 1 atom stereocenters. The zero-order valence-electron chi connectivity index (χ0n) is 10.1. The van der Waals surface area contributed by atoms with Gasteiger partial charge in [-0.25, -0.2) is 0 Å². The largest absolute Gasteiger partial charge is 0.392 e. The van der Waals surface area contributed by atoms with Crippen molar-refractivity contribution < 1.29 is 9.84 Å². The van der Waals surface area contributed by atoms with Crippen molar-refractivity contribution in [1.29, 1.82) is 0 Å². The lowest BCUT2D eigenvalue weighted by molar-refractivity contribution is 0.0168. The van der Waals surface area contributed by atoms with Crippen molar-refractivity contribution in [2.45, 2.75) is 56.3 Å². The summed E-state index contributed by atoms with van der Waals surface area (Å²) in [5.41, 5.74) is 0. The van der Waals surface area contributed by atoms with Gasteiger partial charge in [0, 0.05) is 24.2 Å². The number of rotatable bonds is 4. The maximum atomic E-state index is 10.1. The number of hydrogen-bond donors (Lipinski definition) is 1. The minimum Gasteiger partial charge on any atom is -0.392 e. The maximum absolute atomic E-state index is 10.1. The number of aliphatic hydroxyl groups excluding tert-OH is 1. The van der Waals surface area contributed by atoms with E-state index in [2.05, 4.69) is 0 Å². The molecule has 1 heterocycles. The first kappa shape index (κ1) is 12.7. The first-order chi connectivity index (χ1) is 7.86. The van der Waals surface area contributed by atoms with E-state index >= 15 is 0 Å². The lowest BCUT2D eigenvalue weighted by Gasteiger charge is -2.28. The molecule has 0 spiro atoms. The smallest absolute Gasteiger partial charge is 0.0660 e. The first-order valence-corrected chi connectivity index (χ1v) is 7.78. The van der Waals surface area contributed by atoms with Crippen molar-refractivity contribution in [2.75, 3.05) is 19.0 Å². The topological polar surface area (TPSA) is 29.5 Å². The van der Waals surface area contributed by atoms with Crippen LogP contribution in [0.4, 0.5) is 0 Å². The summed E-state index contributed by atoms with van der Waals surface area (Å²) in [4.78, 5) is 0. The lowest BCUT2D eigenvalue weighted by Crippen LogP contribution is -2.29. The Kier molecular flexibility index (Phi) is 5.46. The molecule has 3 heteroatoms. The molecule has 0 radical (unpaired) electrons. The highest BCUT2D eigenvalue weighted by atomic mass is 32.2. The van der Waals surface area contributed by atoms with Gasteiger partial charge < -0.3 is 9.84 Å². The van der Waals surface area contributed by atoms with Gasteiger partial charge in [0.25, 0.3) is 0 Å². The van der Waals surface area contributed by atoms with Gasteiger partial charge in [-0.3, -0.25) is 0 Å². The summed E-state index contributed by atoms with van der Waals surface area (Å²) in [6.45, 7) is 1.69. The summed E-state index contributed by atoms with van der Waals surface area (Å²) >= 11 is 2.01. The molecule has 2 aliphatic rings. The summed E-state index contributed by atoms with van der Waals surface area (Å²) in [5, 5.41) is 11.0. The van der Waals surface area contributed by atoms with Crippen LogP contribution in [0.5, 0.6) is 0 Å². The van der Waals surface area contributed by atoms with E-state index in [9.17, 15) is 5.11 Å². The highest BCUT2D eigenvalue weighted by Gasteiger charge is 2.23. The van der Waals surface area contributed by atoms with Gasteiger partial charge in [-0.2, -0.15) is 11.8 Å². The molecule has 0 bridgehead atoms. The molecular weight excluding hydrogens is 220 g/mol. The van der Waals surface area contributed by atoms with Crippen LogP contribution < -0.4 is 0 Å². The molecule has 2 nitrogen and oxygen atoms in total. The van der Waals surface area contributed by atoms with Crippen molar-refractivity contribution in [3.05, 3.63) is 0 Å². The van der Waals surface area contributed by atoms with Gasteiger partial charge in [0.1, 0.15) is 0 Å². The molecule has 1 saturated carbocycles. The van der Waals surface area contributed by atoms with Crippen LogP contribution in [0.15, 0.2) is 0 Å². The second-order valence-electron chi connectivity index (χ2n) is 5.11. The van der Waals surface area contributed by atoms with E-state index in [0.717, 1.165) is 37.1 Å². The Morgan fingerprint density at radius 3 is 2.44 bits per heavy atom. The molecule has 1 unspecified atom stereocenters. The standard InChI is InChI=1S/C13H24O2S/c14-13(11-6-8-15-9-7-11)10-16-12-4-2-1-3-5-12/h11-14H,1-10H2. The van der Waals surface area contributed by atoms with Crippen LogP contribution in [0.25, 0.3) is 0 Å². The normalized spacial score (nSPS) is 26.8. The molecule has 1 N–H and O–H groups in total. The second kappa shape index (κ2) is 6.87. The third-order valence-corrected chi connectivity index (χ3v) is 5.34. The van der Waals surface area contributed by atoms with Crippen molar-refractivity contribution in [3.8, 4) is 0 Å². The fourth-order valence-electron chi connectivity index (χ4n) is 2.70. The number of thioether (sulfide) groups is 1. The monoisotopic (exact) mass is 244 g/mol. The molecule has 0 aromatic rings.